The van der Waals surface area contributed by atoms with Crippen LogP contribution in [0.5, 0.6) is 0 Å². The van der Waals surface area contributed by atoms with Gasteiger partial charge in [-0.3, -0.25) is 24.0 Å². The van der Waals surface area contributed by atoms with Gasteiger partial charge in [-0.25, -0.2) is 8.42 Å². The second kappa shape index (κ2) is 13.7. The molecule has 0 bridgehead atoms. The van der Waals surface area contributed by atoms with E-state index in [9.17, 15) is 28.1 Å². The van der Waals surface area contributed by atoms with Crippen LogP contribution < -0.4 is 9.62 Å². The van der Waals surface area contributed by atoms with Crippen molar-refractivity contribution in [1.82, 2.24) is 10.2 Å². The van der Waals surface area contributed by atoms with Crippen LogP contribution in [0.25, 0.3) is 0 Å². The number of nitrogens with zero attached hydrogens (tertiary/aromatic N) is 3. The largest absolute Gasteiger partial charge is 0.354 e. The smallest absolute Gasteiger partial charge is 0.269 e. The van der Waals surface area contributed by atoms with E-state index in [1.165, 1.54) is 41.3 Å². The Labute approximate surface area is 234 Å². The molecule has 1 atom stereocenters. The number of rotatable bonds is 13. The zero-order valence-corrected chi connectivity index (χ0v) is 23.6. The highest BCUT2D eigenvalue weighted by Crippen LogP contribution is 2.26. The molecule has 1 N–H and O–H groups in total. The van der Waals surface area contributed by atoms with E-state index in [-0.39, 0.29) is 28.7 Å². The van der Waals surface area contributed by atoms with Crippen molar-refractivity contribution in [3.05, 3.63) is 100 Å². The van der Waals surface area contributed by atoms with Gasteiger partial charge >= 0.3 is 0 Å². The summed E-state index contributed by atoms with van der Waals surface area (Å²) in [6, 6.07) is 19.3. The van der Waals surface area contributed by atoms with Crippen molar-refractivity contribution in [3.8, 4) is 0 Å². The second-order valence-corrected chi connectivity index (χ2v) is 11.2. The van der Waals surface area contributed by atoms with E-state index >= 15 is 0 Å². The maximum atomic E-state index is 14.0. The molecule has 0 aliphatic heterocycles. The van der Waals surface area contributed by atoms with Gasteiger partial charge in [0.05, 0.1) is 15.5 Å². The first-order valence-corrected chi connectivity index (χ1v) is 14.5. The van der Waals surface area contributed by atoms with E-state index in [1.807, 2.05) is 38.1 Å². The monoisotopic (exact) mass is 566 g/mol. The van der Waals surface area contributed by atoms with E-state index in [0.717, 1.165) is 21.9 Å². The average Bonchev–Trinajstić information content (AvgIpc) is 2.95. The van der Waals surface area contributed by atoms with Gasteiger partial charge in [0, 0.05) is 25.2 Å². The van der Waals surface area contributed by atoms with Gasteiger partial charge in [-0.1, -0.05) is 61.9 Å². The number of nitrogens with one attached hydrogen (secondary N) is 1. The van der Waals surface area contributed by atoms with Gasteiger partial charge in [-0.15, -0.1) is 0 Å². The summed E-state index contributed by atoms with van der Waals surface area (Å²) < 4.78 is 28.5. The standard InChI is InChI=1S/C29H34N4O6S/c1-4-18-30-29(35)27(5-2)31(20-23-11-9-10-22(3)19-23)28(34)21-32(24-14-16-25(17-15-24)33(36)37)40(38,39)26-12-7-6-8-13-26/h6-17,19,27H,4-5,18,20-21H2,1-3H3,(H,30,35)/t27-/m0/s1. The highest BCUT2D eigenvalue weighted by molar-refractivity contribution is 7.92. The summed E-state index contributed by atoms with van der Waals surface area (Å²) in [5.74, 6) is -0.906. The second-order valence-electron chi connectivity index (χ2n) is 9.32. The SMILES string of the molecule is CCCNC(=O)[C@H](CC)N(Cc1cccc(C)c1)C(=O)CN(c1ccc([N+](=O)[O-])cc1)S(=O)(=O)c1ccccc1. The number of carbonyl (C=O) groups excluding carboxylic acids is 2. The Hall–Kier alpha value is -4.25. The average molecular weight is 567 g/mol. The fraction of sp³-hybridized carbons (Fsp3) is 0.310. The molecule has 0 saturated carbocycles. The maximum absolute atomic E-state index is 14.0. The Balaban J connectivity index is 2.06. The first-order chi connectivity index (χ1) is 19.1. The third-order valence-corrected chi connectivity index (χ3v) is 8.12. The first kappa shape index (κ1) is 30.3. The molecule has 10 nitrogen and oxygen atoms in total. The minimum atomic E-state index is -4.25. The quantitative estimate of drug-likeness (QED) is 0.241. The van der Waals surface area contributed by atoms with Crippen molar-refractivity contribution < 1.29 is 22.9 Å². The number of amides is 2. The molecule has 3 aromatic rings. The van der Waals surface area contributed by atoms with Gasteiger partial charge in [-0.05, 0) is 49.6 Å². The molecule has 11 heteroatoms. The lowest BCUT2D eigenvalue weighted by Gasteiger charge is -2.33. The van der Waals surface area contributed by atoms with Crippen molar-refractivity contribution in [3.63, 3.8) is 0 Å². The summed E-state index contributed by atoms with van der Waals surface area (Å²) >= 11 is 0. The molecular formula is C29H34N4O6S. The number of nitro groups is 1. The molecule has 40 heavy (non-hydrogen) atoms. The Morgan fingerprint density at radius 2 is 1.65 bits per heavy atom. The van der Waals surface area contributed by atoms with Crippen LogP contribution in [0.3, 0.4) is 0 Å². The molecule has 0 aliphatic rings. The Morgan fingerprint density at radius 3 is 2.23 bits per heavy atom. The molecular weight excluding hydrogens is 532 g/mol. The highest BCUT2D eigenvalue weighted by Gasteiger charge is 2.33. The summed E-state index contributed by atoms with van der Waals surface area (Å²) in [5, 5.41) is 14.0. The van der Waals surface area contributed by atoms with E-state index < -0.39 is 33.4 Å². The van der Waals surface area contributed by atoms with Crippen LogP contribution in [0.2, 0.25) is 0 Å². The van der Waals surface area contributed by atoms with Crippen molar-refractivity contribution in [1.29, 1.82) is 0 Å². The van der Waals surface area contributed by atoms with E-state index in [4.69, 9.17) is 0 Å². The van der Waals surface area contributed by atoms with Crippen molar-refractivity contribution >= 4 is 33.2 Å². The molecule has 0 unspecified atom stereocenters. The number of carbonyl (C=O) groups is 2. The topological polar surface area (TPSA) is 130 Å². The summed E-state index contributed by atoms with van der Waals surface area (Å²) in [5.41, 5.74) is 1.64. The Kier molecular flexibility index (Phi) is 10.4. The van der Waals surface area contributed by atoms with Gasteiger partial charge < -0.3 is 10.2 Å². The molecule has 3 rings (SSSR count). The summed E-state index contributed by atoms with van der Waals surface area (Å²) in [6.45, 7) is 5.56. The number of sulfonamides is 1. The minimum Gasteiger partial charge on any atom is -0.354 e. The van der Waals surface area contributed by atoms with Crippen molar-refractivity contribution in [2.75, 3.05) is 17.4 Å². The third-order valence-electron chi connectivity index (χ3n) is 6.33. The van der Waals surface area contributed by atoms with Crippen LogP contribution in [0.4, 0.5) is 11.4 Å². The molecule has 0 saturated heterocycles. The fourth-order valence-electron chi connectivity index (χ4n) is 4.28. The number of nitro benzene ring substituents is 1. The maximum Gasteiger partial charge on any atom is 0.269 e. The zero-order valence-electron chi connectivity index (χ0n) is 22.8. The lowest BCUT2D eigenvalue weighted by Crippen LogP contribution is -2.52. The lowest BCUT2D eigenvalue weighted by molar-refractivity contribution is -0.384. The molecule has 0 heterocycles. The minimum absolute atomic E-state index is 0.0425. The summed E-state index contributed by atoms with van der Waals surface area (Å²) in [4.78, 5) is 39.0. The molecule has 0 aliphatic carbocycles. The van der Waals surface area contributed by atoms with Crippen LogP contribution in [-0.2, 0) is 26.2 Å². The molecule has 2 amide bonds. The van der Waals surface area contributed by atoms with Gasteiger partial charge in [0.15, 0.2) is 0 Å². The number of benzene rings is 3. The number of anilines is 1. The van der Waals surface area contributed by atoms with E-state index in [0.29, 0.717) is 13.0 Å². The fourth-order valence-corrected chi connectivity index (χ4v) is 5.72. The van der Waals surface area contributed by atoms with Crippen LogP contribution in [-0.4, -0.2) is 49.2 Å². The number of hydrogen-bond donors (Lipinski definition) is 1. The number of aryl methyl sites for hydroxylation is 1. The van der Waals surface area contributed by atoms with E-state index in [2.05, 4.69) is 5.32 Å². The zero-order chi connectivity index (χ0) is 29.3. The third kappa shape index (κ3) is 7.44. The predicted octanol–water partition coefficient (Wildman–Crippen LogP) is 4.43. The van der Waals surface area contributed by atoms with Gasteiger partial charge in [0.25, 0.3) is 15.7 Å². The number of hydrogen-bond acceptors (Lipinski definition) is 6. The Bertz CT molecular complexity index is 1430. The van der Waals surface area contributed by atoms with Crippen LogP contribution in [0.1, 0.15) is 37.8 Å². The molecule has 3 aromatic carbocycles. The Morgan fingerprint density at radius 1 is 0.975 bits per heavy atom. The first-order valence-electron chi connectivity index (χ1n) is 13.0. The van der Waals surface area contributed by atoms with E-state index in [1.54, 1.807) is 25.1 Å². The number of non-ortho nitro benzene ring substituents is 1. The summed E-state index contributed by atoms with van der Waals surface area (Å²) in [6.07, 6.45) is 1.04. The molecule has 0 aromatic heterocycles. The van der Waals surface area contributed by atoms with Crippen LogP contribution in [0, 0.1) is 17.0 Å². The molecule has 0 fully saturated rings. The van der Waals surface area contributed by atoms with Gasteiger partial charge in [-0.2, -0.15) is 0 Å². The van der Waals surface area contributed by atoms with Crippen LogP contribution >= 0.6 is 0 Å². The van der Waals surface area contributed by atoms with Crippen LogP contribution in [0.15, 0.2) is 83.8 Å². The highest BCUT2D eigenvalue weighted by atomic mass is 32.2. The molecule has 212 valence electrons. The molecule has 0 radical (unpaired) electrons. The van der Waals surface area contributed by atoms with Crippen molar-refractivity contribution in [2.24, 2.45) is 0 Å². The van der Waals surface area contributed by atoms with Gasteiger partial charge in [0.1, 0.15) is 12.6 Å². The lowest BCUT2D eigenvalue weighted by atomic mass is 10.1. The summed E-state index contributed by atoms with van der Waals surface area (Å²) in [7, 11) is -4.25. The normalized spacial score (nSPS) is 11.9. The molecule has 0 spiro atoms. The van der Waals surface area contributed by atoms with Crippen molar-refractivity contribution in [2.45, 2.75) is 51.1 Å². The van der Waals surface area contributed by atoms with Gasteiger partial charge in [0.2, 0.25) is 11.8 Å². The predicted molar refractivity (Wildman–Crippen MR) is 153 cm³/mol.